The second kappa shape index (κ2) is 7.42. The maximum absolute atomic E-state index is 3.54. The largest absolute Gasteiger partial charge is 0.317 e. The Morgan fingerprint density at radius 2 is 1.95 bits per heavy atom. The highest BCUT2D eigenvalue weighted by Crippen LogP contribution is 2.38. The van der Waals surface area contributed by atoms with Gasteiger partial charge in [-0.2, -0.15) is 0 Å². The second-order valence-electron chi connectivity index (χ2n) is 7.56. The Morgan fingerprint density at radius 1 is 1.24 bits per heavy atom. The molecule has 1 N–H and O–H groups in total. The first-order valence-corrected chi connectivity index (χ1v) is 8.40. The van der Waals surface area contributed by atoms with Gasteiger partial charge in [0.05, 0.1) is 0 Å². The molecule has 2 unspecified atom stereocenters. The van der Waals surface area contributed by atoms with Crippen LogP contribution in [0.4, 0.5) is 0 Å². The van der Waals surface area contributed by atoms with Crippen molar-refractivity contribution < 1.29 is 0 Å². The summed E-state index contributed by atoms with van der Waals surface area (Å²) in [4.78, 5) is 2.52. The predicted molar refractivity (Wildman–Crippen MR) is 91.6 cm³/mol. The van der Waals surface area contributed by atoms with E-state index in [9.17, 15) is 0 Å². The summed E-state index contributed by atoms with van der Waals surface area (Å²) in [7, 11) is 4.40. The summed E-state index contributed by atoms with van der Waals surface area (Å²) >= 11 is 0. The second-order valence-corrected chi connectivity index (χ2v) is 7.56. The lowest BCUT2D eigenvalue weighted by Crippen LogP contribution is -2.46. The lowest BCUT2D eigenvalue weighted by atomic mass is 9.69. The highest BCUT2D eigenvalue weighted by Gasteiger charge is 2.34. The molecular formula is C19H32N2. The third-order valence-electron chi connectivity index (χ3n) is 5.06. The zero-order valence-corrected chi connectivity index (χ0v) is 14.2. The highest BCUT2D eigenvalue weighted by molar-refractivity contribution is 5.14. The maximum Gasteiger partial charge on any atom is 0.0105 e. The van der Waals surface area contributed by atoms with Crippen molar-refractivity contribution in [2.24, 2.45) is 11.3 Å². The summed E-state index contributed by atoms with van der Waals surface area (Å²) in [5.74, 6) is 0.777. The topological polar surface area (TPSA) is 15.3 Å². The molecule has 0 saturated heterocycles. The smallest absolute Gasteiger partial charge is 0.0105 e. The minimum atomic E-state index is 0.512. The Morgan fingerprint density at radius 3 is 2.62 bits per heavy atom. The Bertz CT molecular complexity index is 413. The van der Waals surface area contributed by atoms with Crippen LogP contribution in [0.5, 0.6) is 0 Å². The van der Waals surface area contributed by atoms with Crippen LogP contribution in [-0.4, -0.2) is 38.1 Å². The molecule has 2 heteroatoms. The number of hydrogen-bond acceptors (Lipinski definition) is 2. The van der Waals surface area contributed by atoms with Crippen LogP contribution in [0.3, 0.4) is 0 Å². The van der Waals surface area contributed by atoms with Crippen LogP contribution in [0.15, 0.2) is 30.3 Å². The molecule has 1 fully saturated rings. The van der Waals surface area contributed by atoms with Gasteiger partial charge in [0.15, 0.2) is 0 Å². The number of rotatable bonds is 6. The van der Waals surface area contributed by atoms with E-state index in [0.717, 1.165) is 18.9 Å². The molecule has 118 valence electrons. The number of benzene rings is 1. The monoisotopic (exact) mass is 288 g/mol. The standard InChI is InChI=1S/C19H32N2/c1-19(2)12-10-18(20-3)17(14-19)15-21(4)13-11-16-8-6-5-7-9-16/h5-9,17-18,20H,10-15H2,1-4H3. The third-order valence-corrected chi connectivity index (χ3v) is 5.06. The van der Waals surface area contributed by atoms with E-state index in [0.29, 0.717) is 11.5 Å². The van der Waals surface area contributed by atoms with E-state index in [2.05, 4.69) is 68.5 Å². The molecule has 0 aliphatic heterocycles. The number of nitrogens with one attached hydrogen (secondary N) is 1. The van der Waals surface area contributed by atoms with Crippen LogP contribution >= 0.6 is 0 Å². The van der Waals surface area contributed by atoms with Gasteiger partial charge < -0.3 is 10.2 Å². The van der Waals surface area contributed by atoms with Crippen molar-refractivity contribution in [2.45, 2.75) is 45.6 Å². The van der Waals surface area contributed by atoms with Crippen molar-refractivity contribution in [1.82, 2.24) is 10.2 Å². The Hall–Kier alpha value is -0.860. The third kappa shape index (κ3) is 5.12. The van der Waals surface area contributed by atoms with E-state index in [1.807, 2.05) is 0 Å². The van der Waals surface area contributed by atoms with Gasteiger partial charge in [0.25, 0.3) is 0 Å². The van der Waals surface area contributed by atoms with Gasteiger partial charge in [0.1, 0.15) is 0 Å². The van der Waals surface area contributed by atoms with Gasteiger partial charge in [0.2, 0.25) is 0 Å². The Labute approximate surface area is 130 Å². The van der Waals surface area contributed by atoms with Crippen molar-refractivity contribution >= 4 is 0 Å². The first-order valence-electron chi connectivity index (χ1n) is 8.40. The minimum Gasteiger partial charge on any atom is -0.317 e. The summed E-state index contributed by atoms with van der Waals surface area (Å²) in [5.41, 5.74) is 1.96. The van der Waals surface area contributed by atoms with Crippen LogP contribution in [0, 0.1) is 11.3 Å². The summed E-state index contributed by atoms with van der Waals surface area (Å²) in [5, 5.41) is 3.54. The molecule has 0 bridgehead atoms. The Balaban J connectivity index is 1.83. The van der Waals surface area contributed by atoms with Crippen molar-refractivity contribution in [3.8, 4) is 0 Å². The molecule has 0 spiro atoms. The quantitative estimate of drug-likeness (QED) is 0.861. The van der Waals surface area contributed by atoms with Gasteiger partial charge in [-0.15, -0.1) is 0 Å². The van der Waals surface area contributed by atoms with Gasteiger partial charge in [-0.25, -0.2) is 0 Å². The van der Waals surface area contributed by atoms with Crippen molar-refractivity contribution in [2.75, 3.05) is 27.2 Å². The molecule has 1 aliphatic rings. The molecule has 21 heavy (non-hydrogen) atoms. The average molecular weight is 288 g/mol. The van der Waals surface area contributed by atoms with Crippen LogP contribution in [0.25, 0.3) is 0 Å². The van der Waals surface area contributed by atoms with Crippen molar-refractivity contribution in [3.05, 3.63) is 35.9 Å². The molecule has 1 aromatic carbocycles. The fourth-order valence-electron chi connectivity index (χ4n) is 3.76. The average Bonchev–Trinajstić information content (AvgIpc) is 2.46. The molecule has 1 aliphatic carbocycles. The van der Waals surface area contributed by atoms with Crippen LogP contribution in [0.2, 0.25) is 0 Å². The maximum atomic E-state index is 3.54. The summed E-state index contributed by atoms with van der Waals surface area (Å²) in [6.45, 7) is 7.21. The predicted octanol–water partition coefficient (Wildman–Crippen LogP) is 3.58. The van der Waals surface area contributed by atoms with Crippen molar-refractivity contribution in [1.29, 1.82) is 0 Å². The van der Waals surface area contributed by atoms with Gasteiger partial charge >= 0.3 is 0 Å². The van der Waals surface area contributed by atoms with Gasteiger partial charge in [-0.1, -0.05) is 44.2 Å². The van der Waals surface area contributed by atoms with Gasteiger partial charge in [-0.3, -0.25) is 0 Å². The molecular weight excluding hydrogens is 256 g/mol. The molecule has 1 saturated carbocycles. The van der Waals surface area contributed by atoms with E-state index in [-0.39, 0.29) is 0 Å². The summed E-state index contributed by atoms with van der Waals surface area (Å²) < 4.78 is 0. The van der Waals surface area contributed by atoms with E-state index in [1.54, 1.807) is 0 Å². The zero-order chi connectivity index (χ0) is 15.3. The molecule has 0 radical (unpaired) electrons. The number of hydrogen-bond donors (Lipinski definition) is 1. The molecule has 0 amide bonds. The van der Waals surface area contributed by atoms with Crippen LogP contribution in [-0.2, 0) is 6.42 Å². The normalized spacial score (nSPS) is 25.2. The number of nitrogens with zero attached hydrogens (tertiary/aromatic N) is 1. The van der Waals surface area contributed by atoms with Crippen LogP contribution in [0.1, 0.15) is 38.7 Å². The zero-order valence-electron chi connectivity index (χ0n) is 14.2. The van der Waals surface area contributed by atoms with Crippen molar-refractivity contribution in [3.63, 3.8) is 0 Å². The molecule has 0 aromatic heterocycles. The fraction of sp³-hybridized carbons (Fsp3) is 0.684. The van der Waals surface area contributed by atoms with Gasteiger partial charge in [0, 0.05) is 19.1 Å². The lowest BCUT2D eigenvalue weighted by molar-refractivity contribution is 0.112. The first-order chi connectivity index (χ1) is 10.00. The highest BCUT2D eigenvalue weighted by atomic mass is 15.1. The summed E-state index contributed by atoms with van der Waals surface area (Å²) in [6, 6.07) is 11.5. The van der Waals surface area contributed by atoms with Crippen LogP contribution < -0.4 is 5.32 Å². The fourth-order valence-corrected chi connectivity index (χ4v) is 3.76. The molecule has 1 aromatic rings. The van der Waals surface area contributed by atoms with Gasteiger partial charge in [-0.05, 0) is 56.7 Å². The summed E-state index contributed by atoms with van der Waals surface area (Å²) in [6.07, 6.45) is 5.16. The van der Waals surface area contributed by atoms with E-state index < -0.39 is 0 Å². The number of likely N-dealkylation sites (N-methyl/N-ethyl adjacent to an activating group) is 1. The molecule has 0 heterocycles. The molecule has 2 atom stereocenters. The Kier molecular flexibility index (Phi) is 5.83. The molecule has 2 rings (SSSR count). The lowest BCUT2D eigenvalue weighted by Gasteiger charge is -2.42. The van der Waals surface area contributed by atoms with E-state index in [1.165, 1.54) is 31.4 Å². The van der Waals surface area contributed by atoms with E-state index >= 15 is 0 Å². The first kappa shape index (κ1) is 16.5. The molecule has 2 nitrogen and oxygen atoms in total. The minimum absolute atomic E-state index is 0.512. The van der Waals surface area contributed by atoms with E-state index in [4.69, 9.17) is 0 Å². The SMILES string of the molecule is CNC1CCC(C)(C)CC1CN(C)CCc1ccccc1.